The molecule has 172 valence electrons. The Morgan fingerprint density at radius 1 is 1.06 bits per heavy atom. The number of guanidine groups is 1. The molecule has 3 aromatic rings. The van der Waals surface area contributed by atoms with Crippen molar-refractivity contribution in [3.63, 3.8) is 0 Å². The molecule has 3 rings (SSSR count). The molecule has 0 fully saturated rings. The van der Waals surface area contributed by atoms with Gasteiger partial charge in [0, 0.05) is 25.1 Å². The van der Waals surface area contributed by atoms with Gasteiger partial charge < -0.3 is 24.5 Å². The molecule has 0 radical (unpaired) electrons. The zero-order valence-corrected chi connectivity index (χ0v) is 20.5. The monoisotopic (exact) mass is 554 g/mol. The van der Waals surface area contributed by atoms with Gasteiger partial charge >= 0.3 is 0 Å². The first kappa shape index (κ1) is 25.4. The SMILES string of the molecule is CCNC(=NCCc1coc(-c2ccc(F)cc2)n1)NCCOc1ccc(OC)cc1.I. The Balaban J connectivity index is 0.00000363. The first-order valence-corrected chi connectivity index (χ1v) is 10.2. The highest BCUT2D eigenvalue weighted by atomic mass is 127. The van der Waals surface area contributed by atoms with Gasteiger partial charge in [0.2, 0.25) is 5.89 Å². The molecule has 7 nitrogen and oxygen atoms in total. The van der Waals surface area contributed by atoms with Gasteiger partial charge in [-0.1, -0.05) is 0 Å². The lowest BCUT2D eigenvalue weighted by molar-refractivity contribution is 0.321. The van der Waals surface area contributed by atoms with Gasteiger partial charge in [0.05, 0.1) is 19.3 Å². The number of hydrogen-bond donors (Lipinski definition) is 2. The number of aliphatic imine (C=N–C) groups is 1. The molecule has 0 aliphatic heterocycles. The first-order chi connectivity index (χ1) is 15.2. The normalized spacial score (nSPS) is 10.9. The Morgan fingerprint density at radius 2 is 1.78 bits per heavy atom. The number of methoxy groups -OCH3 is 1. The van der Waals surface area contributed by atoms with Crippen LogP contribution in [0.3, 0.4) is 0 Å². The molecule has 0 aliphatic carbocycles. The summed E-state index contributed by atoms with van der Waals surface area (Å²) in [5.74, 6) is 2.47. The zero-order valence-electron chi connectivity index (χ0n) is 18.1. The van der Waals surface area contributed by atoms with Crippen molar-refractivity contribution in [1.82, 2.24) is 15.6 Å². The van der Waals surface area contributed by atoms with Crippen LogP contribution in [0, 0.1) is 5.82 Å². The quantitative estimate of drug-likeness (QED) is 0.169. The summed E-state index contributed by atoms with van der Waals surface area (Å²) in [6.45, 7) is 4.42. The fourth-order valence-corrected chi connectivity index (χ4v) is 2.78. The highest BCUT2D eigenvalue weighted by Crippen LogP contribution is 2.19. The fourth-order valence-electron chi connectivity index (χ4n) is 2.78. The number of oxazole rings is 1. The van der Waals surface area contributed by atoms with E-state index >= 15 is 0 Å². The second-order valence-corrected chi connectivity index (χ2v) is 6.61. The van der Waals surface area contributed by atoms with Crippen LogP contribution in [-0.2, 0) is 6.42 Å². The van der Waals surface area contributed by atoms with E-state index < -0.39 is 0 Å². The Hall–Kier alpha value is -2.82. The third-order valence-electron chi connectivity index (χ3n) is 4.35. The van der Waals surface area contributed by atoms with Crippen molar-refractivity contribution in [3.8, 4) is 23.0 Å². The second kappa shape index (κ2) is 13.6. The molecule has 0 bridgehead atoms. The number of nitrogens with zero attached hydrogens (tertiary/aromatic N) is 2. The predicted molar refractivity (Wildman–Crippen MR) is 133 cm³/mol. The van der Waals surface area contributed by atoms with E-state index in [-0.39, 0.29) is 29.8 Å². The summed E-state index contributed by atoms with van der Waals surface area (Å²) in [5, 5.41) is 6.45. The van der Waals surface area contributed by atoms with Crippen LogP contribution in [0.5, 0.6) is 11.5 Å². The summed E-state index contributed by atoms with van der Waals surface area (Å²) in [6, 6.07) is 13.5. The summed E-state index contributed by atoms with van der Waals surface area (Å²) in [4.78, 5) is 9.01. The molecule has 2 N–H and O–H groups in total. The van der Waals surface area contributed by atoms with Crippen molar-refractivity contribution in [3.05, 3.63) is 66.3 Å². The van der Waals surface area contributed by atoms with Crippen LogP contribution in [0.4, 0.5) is 4.39 Å². The lowest BCUT2D eigenvalue weighted by Gasteiger charge is -2.12. The molecule has 9 heteroatoms. The van der Waals surface area contributed by atoms with Gasteiger partial charge in [-0.2, -0.15) is 0 Å². The predicted octanol–water partition coefficient (Wildman–Crippen LogP) is 4.28. The second-order valence-electron chi connectivity index (χ2n) is 6.61. The van der Waals surface area contributed by atoms with Gasteiger partial charge in [-0.3, -0.25) is 4.99 Å². The fraction of sp³-hybridized carbons (Fsp3) is 0.304. The van der Waals surface area contributed by atoms with Gasteiger partial charge in [-0.05, 0) is 55.5 Å². The molecule has 0 atom stereocenters. The Morgan fingerprint density at radius 3 is 2.47 bits per heavy atom. The average Bonchev–Trinajstić information content (AvgIpc) is 3.26. The number of ether oxygens (including phenoxy) is 2. The van der Waals surface area contributed by atoms with Crippen molar-refractivity contribution >= 4 is 29.9 Å². The van der Waals surface area contributed by atoms with Crippen LogP contribution in [0.2, 0.25) is 0 Å². The minimum atomic E-state index is -0.289. The standard InChI is InChI=1S/C23H27FN4O3.HI/c1-3-25-23(27-14-15-30-21-10-8-20(29-2)9-11-21)26-13-12-19-16-31-22(28-19)17-4-6-18(24)7-5-17;/h4-11,16H,3,12-15H2,1-2H3,(H2,25,26,27);1H. The van der Waals surface area contributed by atoms with E-state index in [9.17, 15) is 4.39 Å². The van der Waals surface area contributed by atoms with Crippen LogP contribution in [-0.4, -0.2) is 44.3 Å². The molecule has 0 amide bonds. The molecular weight excluding hydrogens is 526 g/mol. The molecule has 1 heterocycles. The van der Waals surface area contributed by atoms with Crippen LogP contribution in [0.25, 0.3) is 11.5 Å². The minimum Gasteiger partial charge on any atom is -0.497 e. The van der Waals surface area contributed by atoms with E-state index in [0.29, 0.717) is 38.0 Å². The van der Waals surface area contributed by atoms with E-state index in [0.717, 1.165) is 29.3 Å². The molecular formula is C23H28FIN4O3. The van der Waals surface area contributed by atoms with E-state index in [1.54, 1.807) is 25.5 Å². The van der Waals surface area contributed by atoms with Gasteiger partial charge in [-0.15, -0.1) is 24.0 Å². The summed E-state index contributed by atoms with van der Waals surface area (Å²) >= 11 is 0. The van der Waals surface area contributed by atoms with E-state index in [2.05, 4.69) is 20.6 Å². The molecule has 0 unspecified atom stereocenters. The number of aromatic nitrogens is 1. The number of hydrogen-bond acceptors (Lipinski definition) is 5. The van der Waals surface area contributed by atoms with Crippen molar-refractivity contribution in [1.29, 1.82) is 0 Å². The Bertz CT molecular complexity index is 962. The third-order valence-corrected chi connectivity index (χ3v) is 4.35. The van der Waals surface area contributed by atoms with Crippen LogP contribution in [0.15, 0.2) is 64.2 Å². The maximum Gasteiger partial charge on any atom is 0.226 e. The van der Waals surface area contributed by atoms with Crippen molar-refractivity contribution < 1.29 is 18.3 Å². The van der Waals surface area contributed by atoms with E-state index in [4.69, 9.17) is 13.9 Å². The van der Waals surface area contributed by atoms with Gasteiger partial charge in [-0.25, -0.2) is 9.37 Å². The van der Waals surface area contributed by atoms with Gasteiger partial charge in [0.1, 0.15) is 30.2 Å². The molecule has 0 saturated heterocycles. The number of nitrogens with one attached hydrogen (secondary N) is 2. The first-order valence-electron chi connectivity index (χ1n) is 10.2. The Kier molecular flexibility index (Phi) is 10.8. The zero-order chi connectivity index (χ0) is 21.9. The van der Waals surface area contributed by atoms with Crippen LogP contribution >= 0.6 is 24.0 Å². The smallest absolute Gasteiger partial charge is 0.226 e. The molecule has 32 heavy (non-hydrogen) atoms. The van der Waals surface area contributed by atoms with E-state index in [1.807, 2.05) is 31.2 Å². The minimum absolute atomic E-state index is 0. The third kappa shape index (κ3) is 8.03. The molecule has 1 aromatic heterocycles. The number of halogens is 2. The van der Waals surface area contributed by atoms with Gasteiger partial charge in [0.25, 0.3) is 0 Å². The molecule has 0 saturated carbocycles. The Labute approximate surface area is 204 Å². The summed E-state index contributed by atoms with van der Waals surface area (Å²) in [6.07, 6.45) is 2.24. The number of benzene rings is 2. The maximum absolute atomic E-state index is 13.0. The molecule has 0 aliphatic rings. The van der Waals surface area contributed by atoms with Crippen molar-refractivity contribution in [2.75, 3.05) is 33.4 Å². The van der Waals surface area contributed by atoms with Gasteiger partial charge in [0.15, 0.2) is 5.96 Å². The number of rotatable bonds is 10. The lowest BCUT2D eigenvalue weighted by atomic mass is 10.2. The van der Waals surface area contributed by atoms with E-state index in [1.165, 1.54) is 12.1 Å². The van der Waals surface area contributed by atoms with Crippen LogP contribution < -0.4 is 20.1 Å². The van der Waals surface area contributed by atoms with Crippen molar-refractivity contribution in [2.24, 2.45) is 4.99 Å². The lowest BCUT2D eigenvalue weighted by Crippen LogP contribution is -2.39. The summed E-state index contributed by atoms with van der Waals surface area (Å²) in [5.41, 5.74) is 1.53. The topological polar surface area (TPSA) is 80.9 Å². The maximum atomic E-state index is 13.0. The highest BCUT2D eigenvalue weighted by Gasteiger charge is 2.07. The largest absolute Gasteiger partial charge is 0.497 e. The molecule has 2 aromatic carbocycles. The van der Waals surface area contributed by atoms with Crippen molar-refractivity contribution in [2.45, 2.75) is 13.3 Å². The highest BCUT2D eigenvalue weighted by molar-refractivity contribution is 14.0. The molecule has 0 spiro atoms. The van der Waals surface area contributed by atoms with Crippen LogP contribution in [0.1, 0.15) is 12.6 Å². The summed E-state index contributed by atoms with van der Waals surface area (Å²) < 4.78 is 29.4. The average molecular weight is 554 g/mol. The summed E-state index contributed by atoms with van der Waals surface area (Å²) in [7, 11) is 1.63.